The molecule has 0 aromatic rings. The molecule has 0 aromatic heterocycles. The normalized spacial score (nSPS) is 14.9. The minimum absolute atomic E-state index is 0.0185. The van der Waals surface area contributed by atoms with Crippen molar-refractivity contribution >= 4 is 39.5 Å². The van der Waals surface area contributed by atoms with Gasteiger partial charge < -0.3 is 33.8 Å². The zero-order valence-electron chi connectivity index (χ0n) is 67.8. The number of allylic oxidation sites excluding steroid dienone is 34. The summed E-state index contributed by atoms with van der Waals surface area (Å²) in [6.07, 6.45) is 101. The minimum atomic E-state index is -5.02. The van der Waals surface area contributed by atoms with Gasteiger partial charge in [-0.15, -0.1) is 0 Å². The van der Waals surface area contributed by atoms with Crippen molar-refractivity contribution < 1.29 is 80.2 Å². The summed E-state index contributed by atoms with van der Waals surface area (Å²) in [5, 5.41) is 10.7. The van der Waals surface area contributed by atoms with Crippen LogP contribution in [0.25, 0.3) is 0 Å². The summed E-state index contributed by atoms with van der Waals surface area (Å²) in [6.45, 7) is 4.31. The van der Waals surface area contributed by atoms with Gasteiger partial charge in [-0.2, -0.15) is 0 Å². The SMILES string of the molecule is CC/C=C\C/C=C\C/C=C\C/C=C\C/C=C\C/C=C\CCC(=O)OCC(COP(=O)(O)OCC(O)COP(=O)(O)OCC(COC(=O)CCC/C=C\C/C=C\C/C=C\C/C=C\C/C=C\CC)OC(=O)CCCCCCC/C=C\CCCCCCCC)OC(=O)CCCCC/C=C\C/C=C\C/C=C\C/C=C\C/C=C\CC. The summed E-state index contributed by atoms with van der Waals surface area (Å²) in [7, 11) is -10.0. The van der Waals surface area contributed by atoms with Crippen LogP contribution >= 0.6 is 15.6 Å². The molecule has 0 saturated carbocycles. The van der Waals surface area contributed by atoms with E-state index >= 15 is 0 Å². The maximum absolute atomic E-state index is 13.1. The van der Waals surface area contributed by atoms with Crippen molar-refractivity contribution in [1.82, 2.24) is 0 Å². The van der Waals surface area contributed by atoms with Crippen LogP contribution in [0.5, 0.6) is 0 Å². The third-order valence-electron chi connectivity index (χ3n) is 16.2. The Morgan fingerprint density at radius 3 is 0.827 bits per heavy atom. The van der Waals surface area contributed by atoms with E-state index in [1.54, 1.807) is 0 Å². The largest absolute Gasteiger partial charge is 0.472 e. The maximum atomic E-state index is 13.1. The second kappa shape index (κ2) is 80.7. The Kier molecular flexibility index (Phi) is 76.0. The number of ether oxygens (including phenoxy) is 4. The molecular weight excluding hydrogens is 1430 g/mol. The Morgan fingerprint density at radius 1 is 0.264 bits per heavy atom. The lowest BCUT2D eigenvalue weighted by atomic mass is 10.1. The lowest BCUT2D eigenvalue weighted by Crippen LogP contribution is -2.30. The molecule has 620 valence electrons. The van der Waals surface area contributed by atoms with Gasteiger partial charge in [0.1, 0.15) is 19.3 Å². The van der Waals surface area contributed by atoms with Crippen molar-refractivity contribution in [2.24, 2.45) is 0 Å². The summed E-state index contributed by atoms with van der Waals surface area (Å²) in [5.74, 6) is -2.41. The molecule has 110 heavy (non-hydrogen) atoms. The highest BCUT2D eigenvalue weighted by molar-refractivity contribution is 7.47. The van der Waals surface area contributed by atoms with Gasteiger partial charge in [0, 0.05) is 25.7 Å². The second-order valence-corrected chi connectivity index (χ2v) is 29.5. The van der Waals surface area contributed by atoms with Gasteiger partial charge in [0.2, 0.25) is 0 Å². The van der Waals surface area contributed by atoms with Crippen LogP contribution in [-0.4, -0.2) is 96.7 Å². The summed E-state index contributed by atoms with van der Waals surface area (Å²) < 4.78 is 68.5. The maximum Gasteiger partial charge on any atom is 0.472 e. The van der Waals surface area contributed by atoms with E-state index in [0.717, 1.165) is 154 Å². The zero-order valence-corrected chi connectivity index (χ0v) is 69.6. The molecule has 0 amide bonds. The molecule has 0 fully saturated rings. The van der Waals surface area contributed by atoms with Crippen LogP contribution in [0.2, 0.25) is 0 Å². The van der Waals surface area contributed by atoms with Crippen LogP contribution in [0.4, 0.5) is 0 Å². The summed E-state index contributed by atoms with van der Waals surface area (Å²) in [6, 6.07) is 0. The number of rotatable bonds is 75. The van der Waals surface area contributed by atoms with Crippen LogP contribution < -0.4 is 0 Å². The topological polar surface area (TPSA) is 237 Å². The third kappa shape index (κ3) is 79.7. The molecule has 0 bridgehead atoms. The minimum Gasteiger partial charge on any atom is -0.462 e. The van der Waals surface area contributed by atoms with Gasteiger partial charge in [0.25, 0.3) is 0 Å². The number of hydrogen-bond donors (Lipinski definition) is 3. The molecule has 0 spiro atoms. The van der Waals surface area contributed by atoms with E-state index in [9.17, 15) is 43.2 Å². The van der Waals surface area contributed by atoms with Gasteiger partial charge in [-0.3, -0.25) is 37.3 Å². The monoisotopic (exact) mass is 1570 g/mol. The van der Waals surface area contributed by atoms with Crippen LogP contribution in [-0.2, 0) is 65.4 Å². The average Bonchev–Trinajstić information content (AvgIpc) is 0.900. The van der Waals surface area contributed by atoms with Crippen LogP contribution in [0.1, 0.15) is 285 Å². The Morgan fingerprint density at radius 2 is 0.500 bits per heavy atom. The van der Waals surface area contributed by atoms with E-state index in [0.29, 0.717) is 38.5 Å². The Bertz CT molecular complexity index is 2900. The number of esters is 4. The molecule has 0 radical (unpaired) electrons. The smallest absolute Gasteiger partial charge is 0.462 e. The van der Waals surface area contributed by atoms with Crippen LogP contribution in [0.3, 0.4) is 0 Å². The van der Waals surface area contributed by atoms with E-state index in [1.165, 1.54) is 38.5 Å². The molecule has 0 aliphatic heterocycles. The molecule has 5 unspecified atom stereocenters. The fourth-order valence-electron chi connectivity index (χ4n) is 10.1. The van der Waals surface area contributed by atoms with Gasteiger partial charge in [0.15, 0.2) is 12.2 Å². The summed E-state index contributed by atoms with van der Waals surface area (Å²) >= 11 is 0. The standard InChI is InChI=1S/C91H144O17P2/c1-5-9-13-17-21-25-29-33-37-40-42-45-49-52-56-60-64-68-72-76-89(94)102-82-87(108-91(96)78-74-70-66-62-58-54-50-46-43-41-38-34-30-26-22-18-14-10-6-2)84-106-110(99,100)104-80-85(92)79-103-109(97,98)105-83-86(107-90(95)77-73-69-65-61-57-53-47-36-32-28-24-20-16-12-8-4)81-101-88(93)75-71-67-63-59-55-51-48-44-39-35-31-27-23-19-15-11-7-3/h9-11,13-15,21-23,25-27,33-39,42-43,45-48,51-52,54,56,58-59,63-64,68,85-87,92H,5-8,12,16-20,24,28-32,40-41,44,49-50,53,55,57,60-62,65-67,69-84H2,1-4H3,(H,97,98)(H,99,100)/b13-9-,14-10-,15-11-,25-21-,26-22-,27-23-,37-33-,38-34-,39-35-,45-42-,46-43-,47-36-,51-48-,56-52-,58-54-,63-59-,68-64-. The molecule has 3 N–H and O–H groups in total. The fourth-order valence-corrected chi connectivity index (χ4v) is 11.6. The summed E-state index contributed by atoms with van der Waals surface area (Å²) in [4.78, 5) is 73.1. The summed E-state index contributed by atoms with van der Waals surface area (Å²) in [5.41, 5.74) is 0. The van der Waals surface area contributed by atoms with Gasteiger partial charge in [-0.1, -0.05) is 292 Å². The Balaban J connectivity index is 5.56. The molecule has 0 aliphatic rings. The van der Waals surface area contributed by atoms with Crippen molar-refractivity contribution in [3.63, 3.8) is 0 Å². The first-order valence-electron chi connectivity index (χ1n) is 41.3. The molecule has 0 rings (SSSR count). The third-order valence-corrected chi connectivity index (χ3v) is 18.1. The van der Waals surface area contributed by atoms with Crippen molar-refractivity contribution in [3.05, 3.63) is 207 Å². The molecule has 0 aliphatic carbocycles. The number of phosphoric ester groups is 2. The fraction of sp³-hybridized carbons (Fsp3) is 0.582. The Hall–Kier alpha value is -6.36. The van der Waals surface area contributed by atoms with Gasteiger partial charge >= 0.3 is 39.5 Å². The van der Waals surface area contributed by atoms with E-state index in [4.69, 9.17) is 37.0 Å². The molecule has 17 nitrogen and oxygen atoms in total. The van der Waals surface area contributed by atoms with Crippen LogP contribution in [0.15, 0.2) is 207 Å². The number of carbonyl (C=O) groups is 4. The Labute approximate surface area is 665 Å². The first-order valence-corrected chi connectivity index (χ1v) is 44.3. The molecule has 0 saturated heterocycles. The van der Waals surface area contributed by atoms with E-state index in [-0.39, 0.29) is 25.7 Å². The highest BCUT2D eigenvalue weighted by Gasteiger charge is 2.30. The first-order chi connectivity index (χ1) is 53.7. The van der Waals surface area contributed by atoms with Crippen molar-refractivity contribution in [2.45, 2.75) is 303 Å². The average molecular weight is 1570 g/mol. The quantitative estimate of drug-likeness (QED) is 0.0169. The number of unbranched alkanes of at least 4 members (excludes halogenated alkanes) is 15. The second-order valence-electron chi connectivity index (χ2n) is 26.6. The van der Waals surface area contributed by atoms with Gasteiger partial charge in [-0.05, 0) is 173 Å². The van der Waals surface area contributed by atoms with Gasteiger partial charge in [0.05, 0.1) is 26.4 Å². The van der Waals surface area contributed by atoms with Gasteiger partial charge in [-0.25, -0.2) is 9.13 Å². The first kappa shape index (κ1) is 104. The lowest BCUT2D eigenvalue weighted by molar-refractivity contribution is -0.161. The number of carbonyl (C=O) groups excluding carboxylic acids is 4. The number of phosphoric acid groups is 2. The number of aliphatic hydroxyl groups is 1. The predicted molar refractivity (Wildman–Crippen MR) is 454 cm³/mol. The number of aliphatic hydroxyl groups excluding tert-OH is 1. The molecule has 5 atom stereocenters. The molecular formula is C91H144O17P2. The highest BCUT2D eigenvalue weighted by Crippen LogP contribution is 2.45. The highest BCUT2D eigenvalue weighted by atomic mass is 31.2. The van der Waals surface area contributed by atoms with Crippen molar-refractivity contribution in [3.8, 4) is 0 Å². The molecule has 0 aromatic carbocycles. The molecule has 19 heteroatoms. The predicted octanol–water partition coefficient (Wildman–Crippen LogP) is 24.7. The molecule has 0 heterocycles. The lowest BCUT2D eigenvalue weighted by Gasteiger charge is -2.21. The van der Waals surface area contributed by atoms with E-state index in [2.05, 4.69) is 204 Å². The zero-order chi connectivity index (χ0) is 80.3. The van der Waals surface area contributed by atoms with Crippen molar-refractivity contribution in [1.29, 1.82) is 0 Å². The number of hydrogen-bond acceptors (Lipinski definition) is 15. The van der Waals surface area contributed by atoms with E-state index < -0.39 is 97.5 Å². The van der Waals surface area contributed by atoms with E-state index in [1.807, 2.05) is 30.4 Å². The van der Waals surface area contributed by atoms with Crippen molar-refractivity contribution in [2.75, 3.05) is 39.6 Å². The van der Waals surface area contributed by atoms with Crippen LogP contribution in [0, 0.1) is 0 Å².